The summed E-state index contributed by atoms with van der Waals surface area (Å²) in [5, 5.41) is 11.7. The molecule has 2 saturated heterocycles. The standard InChI is InChI=1S/C16H19N3O4/c20-13-3-1-11(2-4-13)7-12-5-6-18(9-12)15(22)10-19-14(21)8-17-16(19)23/h1-4,12,20H,5-10H2,(H,17,23). The molecule has 122 valence electrons. The summed E-state index contributed by atoms with van der Waals surface area (Å²) < 4.78 is 0. The highest BCUT2D eigenvalue weighted by Gasteiger charge is 2.33. The van der Waals surface area contributed by atoms with Gasteiger partial charge in [-0.1, -0.05) is 12.1 Å². The van der Waals surface area contributed by atoms with E-state index in [-0.39, 0.29) is 30.7 Å². The van der Waals surface area contributed by atoms with Crippen LogP contribution in [0.3, 0.4) is 0 Å². The summed E-state index contributed by atoms with van der Waals surface area (Å²) in [7, 11) is 0. The van der Waals surface area contributed by atoms with E-state index >= 15 is 0 Å². The fourth-order valence-electron chi connectivity index (χ4n) is 3.04. The largest absolute Gasteiger partial charge is 0.508 e. The maximum absolute atomic E-state index is 12.3. The van der Waals surface area contributed by atoms with Crippen LogP contribution in [0.5, 0.6) is 5.75 Å². The molecule has 2 aliphatic heterocycles. The normalized spacial score (nSPS) is 21.0. The van der Waals surface area contributed by atoms with Gasteiger partial charge in [0.1, 0.15) is 12.3 Å². The third kappa shape index (κ3) is 3.44. The van der Waals surface area contributed by atoms with E-state index in [1.165, 1.54) is 0 Å². The van der Waals surface area contributed by atoms with Crippen LogP contribution < -0.4 is 5.32 Å². The zero-order valence-electron chi connectivity index (χ0n) is 12.7. The summed E-state index contributed by atoms with van der Waals surface area (Å²) in [5.41, 5.74) is 1.12. The number of nitrogens with one attached hydrogen (secondary N) is 1. The van der Waals surface area contributed by atoms with Crippen molar-refractivity contribution < 1.29 is 19.5 Å². The van der Waals surface area contributed by atoms with Gasteiger partial charge in [-0.3, -0.25) is 14.5 Å². The number of hydrogen-bond acceptors (Lipinski definition) is 4. The molecule has 2 N–H and O–H groups in total. The molecule has 1 aromatic rings. The second kappa shape index (κ2) is 6.28. The summed E-state index contributed by atoms with van der Waals surface area (Å²) >= 11 is 0. The molecule has 2 heterocycles. The lowest BCUT2D eigenvalue weighted by molar-refractivity contribution is -0.135. The average Bonchev–Trinajstić information content (AvgIpc) is 3.11. The predicted octanol–water partition coefficient (Wildman–Crippen LogP) is 0.335. The number of carbonyl (C=O) groups excluding carboxylic acids is 3. The van der Waals surface area contributed by atoms with E-state index in [0.29, 0.717) is 19.0 Å². The van der Waals surface area contributed by atoms with E-state index in [2.05, 4.69) is 5.32 Å². The maximum Gasteiger partial charge on any atom is 0.325 e. The molecule has 3 rings (SSSR count). The van der Waals surface area contributed by atoms with Crippen LogP contribution in [-0.2, 0) is 16.0 Å². The second-order valence-corrected chi connectivity index (χ2v) is 6.00. The van der Waals surface area contributed by atoms with Gasteiger partial charge in [-0.25, -0.2) is 4.79 Å². The Bertz CT molecular complexity index is 613. The van der Waals surface area contributed by atoms with Crippen LogP contribution in [0.2, 0.25) is 0 Å². The number of likely N-dealkylation sites (tertiary alicyclic amines) is 1. The number of phenols is 1. The van der Waals surface area contributed by atoms with E-state index in [1.54, 1.807) is 17.0 Å². The molecule has 1 atom stereocenters. The van der Waals surface area contributed by atoms with Crippen molar-refractivity contribution in [2.75, 3.05) is 26.2 Å². The molecule has 0 spiro atoms. The lowest BCUT2D eigenvalue weighted by atomic mass is 9.99. The third-order valence-corrected chi connectivity index (χ3v) is 4.33. The Hall–Kier alpha value is -2.57. The van der Waals surface area contributed by atoms with E-state index in [1.807, 2.05) is 12.1 Å². The van der Waals surface area contributed by atoms with Crippen LogP contribution in [0.15, 0.2) is 24.3 Å². The van der Waals surface area contributed by atoms with E-state index < -0.39 is 6.03 Å². The summed E-state index contributed by atoms with van der Waals surface area (Å²) in [5.74, 6) is 0.0453. The van der Waals surface area contributed by atoms with Crippen molar-refractivity contribution in [3.63, 3.8) is 0 Å². The van der Waals surface area contributed by atoms with Crippen molar-refractivity contribution in [3.8, 4) is 5.75 Å². The molecule has 7 heteroatoms. The number of amides is 4. The first-order chi connectivity index (χ1) is 11.0. The van der Waals surface area contributed by atoms with Crippen LogP contribution in [0.25, 0.3) is 0 Å². The van der Waals surface area contributed by atoms with E-state index in [9.17, 15) is 19.5 Å². The van der Waals surface area contributed by atoms with E-state index in [0.717, 1.165) is 23.3 Å². The van der Waals surface area contributed by atoms with Crippen molar-refractivity contribution in [1.82, 2.24) is 15.1 Å². The number of aromatic hydroxyl groups is 1. The predicted molar refractivity (Wildman–Crippen MR) is 81.6 cm³/mol. The van der Waals surface area contributed by atoms with Gasteiger partial charge in [-0.2, -0.15) is 0 Å². The van der Waals surface area contributed by atoms with Gasteiger partial charge >= 0.3 is 6.03 Å². The number of benzene rings is 1. The zero-order valence-corrected chi connectivity index (χ0v) is 12.7. The lowest BCUT2D eigenvalue weighted by Crippen LogP contribution is -2.42. The van der Waals surface area contributed by atoms with Crippen molar-refractivity contribution in [3.05, 3.63) is 29.8 Å². The number of hydrogen-bond donors (Lipinski definition) is 2. The molecule has 2 fully saturated rings. The molecule has 2 aliphatic rings. The maximum atomic E-state index is 12.3. The summed E-state index contributed by atoms with van der Waals surface area (Å²) in [6.45, 7) is 1.06. The molecule has 0 aliphatic carbocycles. The van der Waals surface area contributed by atoms with Crippen LogP contribution in [-0.4, -0.2) is 58.9 Å². The second-order valence-electron chi connectivity index (χ2n) is 6.00. The topological polar surface area (TPSA) is 90.0 Å². The summed E-state index contributed by atoms with van der Waals surface area (Å²) in [6.07, 6.45) is 1.74. The Kier molecular flexibility index (Phi) is 4.18. The van der Waals surface area contributed by atoms with Crippen LogP contribution in [0.1, 0.15) is 12.0 Å². The van der Waals surface area contributed by atoms with Gasteiger partial charge in [0.15, 0.2) is 0 Å². The van der Waals surface area contributed by atoms with Crippen LogP contribution in [0.4, 0.5) is 4.79 Å². The van der Waals surface area contributed by atoms with Crippen molar-refractivity contribution in [2.45, 2.75) is 12.8 Å². The fraction of sp³-hybridized carbons (Fsp3) is 0.438. The minimum absolute atomic E-state index is 0.0322. The fourth-order valence-corrected chi connectivity index (χ4v) is 3.04. The lowest BCUT2D eigenvalue weighted by Gasteiger charge is -2.19. The number of rotatable bonds is 4. The molecular weight excluding hydrogens is 298 g/mol. The quantitative estimate of drug-likeness (QED) is 0.783. The minimum Gasteiger partial charge on any atom is -0.508 e. The number of nitrogens with zero attached hydrogens (tertiary/aromatic N) is 2. The molecule has 0 saturated carbocycles. The monoisotopic (exact) mass is 317 g/mol. The molecule has 0 aromatic heterocycles. The molecule has 1 unspecified atom stereocenters. The Labute approximate surface area is 133 Å². The molecule has 23 heavy (non-hydrogen) atoms. The van der Waals surface area contributed by atoms with Gasteiger partial charge in [-0.15, -0.1) is 0 Å². The molecular formula is C16H19N3O4. The summed E-state index contributed by atoms with van der Waals surface area (Å²) in [6, 6.07) is 6.58. The first-order valence-electron chi connectivity index (χ1n) is 7.67. The molecule has 0 radical (unpaired) electrons. The zero-order chi connectivity index (χ0) is 16.4. The smallest absolute Gasteiger partial charge is 0.325 e. The molecule has 0 bridgehead atoms. The molecule has 1 aromatic carbocycles. The highest BCUT2D eigenvalue weighted by Crippen LogP contribution is 2.22. The summed E-state index contributed by atoms with van der Waals surface area (Å²) in [4.78, 5) is 37.9. The van der Waals surface area contributed by atoms with Crippen LogP contribution >= 0.6 is 0 Å². The van der Waals surface area contributed by atoms with Gasteiger partial charge in [0.25, 0.3) is 5.91 Å². The molecule has 4 amide bonds. The Morgan fingerprint density at radius 1 is 1.26 bits per heavy atom. The number of carbonyl (C=O) groups is 3. The Morgan fingerprint density at radius 3 is 2.65 bits per heavy atom. The minimum atomic E-state index is -0.497. The highest BCUT2D eigenvalue weighted by molar-refractivity contribution is 6.04. The van der Waals surface area contributed by atoms with Crippen molar-refractivity contribution in [1.29, 1.82) is 0 Å². The SMILES string of the molecule is O=C(CN1C(=O)CNC1=O)N1CCC(Cc2ccc(O)cc2)C1. The van der Waals surface area contributed by atoms with Crippen molar-refractivity contribution >= 4 is 17.8 Å². The third-order valence-electron chi connectivity index (χ3n) is 4.33. The van der Waals surface area contributed by atoms with Crippen LogP contribution in [0, 0.1) is 5.92 Å². The first kappa shape index (κ1) is 15.3. The average molecular weight is 317 g/mol. The van der Waals surface area contributed by atoms with E-state index in [4.69, 9.17) is 0 Å². The number of imide groups is 1. The Morgan fingerprint density at radius 2 is 2.00 bits per heavy atom. The van der Waals surface area contributed by atoms with Gasteiger partial charge in [-0.05, 0) is 36.5 Å². The highest BCUT2D eigenvalue weighted by atomic mass is 16.3. The van der Waals surface area contributed by atoms with Gasteiger partial charge < -0.3 is 15.3 Å². The first-order valence-corrected chi connectivity index (χ1v) is 7.67. The van der Waals surface area contributed by atoms with Gasteiger partial charge in [0.2, 0.25) is 5.91 Å². The number of phenolic OH excluding ortho intramolecular Hbond substituents is 1. The van der Waals surface area contributed by atoms with Crippen molar-refractivity contribution in [2.24, 2.45) is 5.92 Å². The van der Waals surface area contributed by atoms with Gasteiger partial charge in [0, 0.05) is 13.1 Å². The van der Waals surface area contributed by atoms with Gasteiger partial charge in [0.05, 0.1) is 6.54 Å². The molecule has 7 nitrogen and oxygen atoms in total. The number of urea groups is 1. The Balaban J connectivity index is 1.52.